The maximum absolute atomic E-state index is 13.6. The van der Waals surface area contributed by atoms with Crippen molar-refractivity contribution >= 4 is 29.1 Å². The molecule has 1 aliphatic heterocycles. The molecular formula is C18H15ClF2N2O2. The first-order valence-electron chi connectivity index (χ1n) is 7.72. The third-order valence-corrected chi connectivity index (χ3v) is 4.41. The Morgan fingerprint density at radius 1 is 1.20 bits per heavy atom. The van der Waals surface area contributed by atoms with Crippen LogP contribution in [0.5, 0.6) is 0 Å². The minimum Gasteiger partial charge on any atom is -0.352 e. The van der Waals surface area contributed by atoms with Gasteiger partial charge in [0.15, 0.2) is 0 Å². The zero-order chi connectivity index (χ0) is 18.0. The zero-order valence-electron chi connectivity index (χ0n) is 13.1. The molecule has 4 nitrogen and oxygen atoms in total. The first-order valence-corrected chi connectivity index (χ1v) is 8.10. The van der Waals surface area contributed by atoms with Gasteiger partial charge in [0.1, 0.15) is 11.6 Å². The number of amides is 2. The number of halogens is 3. The summed E-state index contributed by atoms with van der Waals surface area (Å²) in [4.78, 5) is 25.8. The first-order chi connectivity index (χ1) is 12.0. The van der Waals surface area contributed by atoms with Crippen molar-refractivity contribution in [1.29, 1.82) is 0 Å². The van der Waals surface area contributed by atoms with E-state index >= 15 is 0 Å². The Bertz CT molecular complexity index is 828. The summed E-state index contributed by atoms with van der Waals surface area (Å²) in [5, 5.41) is 2.57. The molecule has 1 heterocycles. The molecule has 0 spiro atoms. The van der Waals surface area contributed by atoms with Gasteiger partial charge in [-0.1, -0.05) is 29.8 Å². The molecule has 1 saturated heterocycles. The summed E-state index contributed by atoms with van der Waals surface area (Å²) in [7, 11) is 0. The highest BCUT2D eigenvalue weighted by Crippen LogP contribution is 2.28. The molecular weight excluding hydrogens is 350 g/mol. The molecule has 2 aromatic carbocycles. The van der Waals surface area contributed by atoms with Gasteiger partial charge < -0.3 is 10.2 Å². The van der Waals surface area contributed by atoms with Gasteiger partial charge in [0.25, 0.3) is 0 Å². The minimum absolute atomic E-state index is 0.0398. The maximum atomic E-state index is 13.6. The van der Waals surface area contributed by atoms with Crippen LogP contribution in [0.4, 0.5) is 14.5 Å². The van der Waals surface area contributed by atoms with Gasteiger partial charge in [0.2, 0.25) is 11.8 Å². The fraction of sp³-hybridized carbons (Fsp3) is 0.222. The van der Waals surface area contributed by atoms with Crippen molar-refractivity contribution in [2.24, 2.45) is 5.92 Å². The summed E-state index contributed by atoms with van der Waals surface area (Å²) < 4.78 is 26.8. The molecule has 1 fully saturated rings. The van der Waals surface area contributed by atoms with E-state index in [-0.39, 0.29) is 36.3 Å². The summed E-state index contributed by atoms with van der Waals surface area (Å²) in [5.74, 6) is -2.09. The van der Waals surface area contributed by atoms with Crippen LogP contribution in [-0.2, 0) is 16.1 Å². The van der Waals surface area contributed by atoms with E-state index in [0.717, 1.165) is 0 Å². The average molecular weight is 365 g/mol. The third kappa shape index (κ3) is 3.79. The number of carbonyl (C=O) groups excluding carboxylic acids is 2. The lowest BCUT2D eigenvalue weighted by atomic mass is 10.1. The Kier molecular flexibility index (Phi) is 4.99. The highest BCUT2D eigenvalue weighted by Gasteiger charge is 2.35. The van der Waals surface area contributed by atoms with E-state index < -0.39 is 17.6 Å². The standard InChI is InChI=1S/C18H15ClF2N2O2/c19-14-8-13(5-6-16(14)21)23-10-12(7-17(23)24)18(25)22-9-11-3-1-2-4-15(11)20/h1-6,8,12H,7,9-10H2,(H,22,25)/t12-/m1/s1. The number of benzene rings is 2. The Morgan fingerprint density at radius 2 is 1.96 bits per heavy atom. The van der Waals surface area contributed by atoms with Gasteiger partial charge in [0, 0.05) is 30.8 Å². The van der Waals surface area contributed by atoms with Crippen LogP contribution in [-0.4, -0.2) is 18.4 Å². The predicted molar refractivity (Wildman–Crippen MR) is 90.1 cm³/mol. The lowest BCUT2D eigenvalue weighted by Gasteiger charge is -2.17. The van der Waals surface area contributed by atoms with Gasteiger partial charge in [0.05, 0.1) is 10.9 Å². The number of carbonyl (C=O) groups is 2. The quantitative estimate of drug-likeness (QED) is 0.905. The summed E-state index contributed by atoms with van der Waals surface area (Å²) >= 11 is 5.74. The van der Waals surface area contributed by atoms with E-state index in [0.29, 0.717) is 11.3 Å². The molecule has 1 aliphatic rings. The molecule has 130 valence electrons. The molecule has 0 aromatic heterocycles. The largest absolute Gasteiger partial charge is 0.352 e. The molecule has 25 heavy (non-hydrogen) atoms. The summed E-state index contributed by atoms with van der Waals surface area (Å²) in [5.41, 5.74) is 0.822. The molecule has 0 unspecified atom stereocenters. The number of hydrogen-bond acceptors (Lipinski definition) is 2. The lowest BCUT2D eigenvalue weighted by Crippen LogP contribution is -2.32. The number of anilines is 1. The molecule has 1 N–H and O–H groups in total. The summed E-state index contributed by atoms with van der Waals surface area (Å²) in [6, 6.07) is 10.1. The fourth-order valence-electron chi connectivity index (χ4n) is 2.75. The van der Waals surface area contributed by atoms with Crippen molar-refractivity contribution in [3.63, 3.8) is 0 Å². The van der Waals surface area contributed by atoms with Gasteiger partial charge in [-0.05, 0) is 24.3 Å². The number of rotatable bonds is 4. The molecule has 2 aromatic rings. The molecule has 0 bridgehead atoms. The van der Waals surface area contributed by atoms with E-state index in [1.165, 1.54) is 29.2 Å². The predicted octanol–water partition coefficient (Wildman–Crippen LogP) is 3.29. The second-order valence-electron chi connectivity index (χ2n) is 5.81. The topological polar surface area (TPSA) is 49.4 Å². The van der Waals surface area contributed by atoms with Crippen LogP contribution in [0.15, 0.2) is 42.5 Å². The Labute approximate surface area is 148 Å². The van der Waals surface area contributed by atoms with E-state index in [2.05, 4.69) is 5.32 Å². The zero-order valence-corrected chi connectivity index (χ0v) is 13.9. The highest BCUT2D eigenvalue weighted by atomic mass is 35.5. The first kappa shape index (κ1) is 17.4. The lowest BCUT2D eigenvalue weighted by molar-refractivity contribution is -0.126. The van der Waals surface area contributed by atoms with Gasteiger partial charge in [-0.25, -0.2) is 8.78 Å². The van der Waals surface area contributed by atoms with Gasteiger partial charge in [-0.2, -0.15) is 0 Å². The minimum atomic E-state index is -0.573. The van der Waals surface area contributed by atoms with Gasteiger partial charge in [-0.3, -0.25) is 9.59 Å². The van der Waals surface area contributed by atoms with Crippen LogP contribution in [0.2, 0.25) is 5.02 Å². The normalized spacial score (nSPS) is 17.0. The van der Waals surface area contributed by atoms with Crippen LogP contribution in [0, 0.1) is 17.6 Å². The number of nitrogens with zero attached hydrogens (tertiary/aromatic N) is 1. The van der Waals surface area contributed by atoms with E-state index in [4.69, 9.17) is 11.6 Å². The maximum Gasteiger partial charge on any atom is 0.227 e. The van der Waals surface area contributed by atoms with E-state index in [9.17, 15) is 18.4 Å². The monoisotopic (exact) mass is 364 g/mol. The van der Waals surface area contributed by atoms with Crippen molar-refractivity contribution in [2.45, 2.75) is 13.0 Å². The molecule has 0 saturated carbocycles. The highest BCUT2D eigenvalue weighted by molar-refractivity contribution is 6.31. The molecule has 1 atom stereocenters. The van der Waals surface area contributed by atoms with Crippen molar-refractivity contribution in [3.8, 4) is 0 Å². The van der Waals surface area contributed by atoms with Crippen LogP contribution in [0.3, 0.4) is 0 Å². The van der Waals surface area contributed by atoms with Crippen LogP contribution in [0.25, 0.3) is 0 Å². The van der Waals surface area contributed by atoms with Crippen LogP contribution >= 0.6 is 11.6 Å². The average Bonchev–Trinajstić information content (AvgIpc) is 2.98. The van der Waals surface area contributed by atoms with Gasteiger partial charge in [-0.15, -0.1) is 0 Å². The fourth-order valence-corrected chi connectivity index (χ4v) is 2.93. The Balaban J connectivity index is 1.64. The van der Waals surface area contributed by atoms with Crippen molar-refractivity contribution in [1.82, 2.24) is 5.32 Å². The van der Waals surface area contributed by atoms with Crippen molar-refractivity contribution in [2.75, 3.05) is 11.4 Å². The Hall–Kier alpha value is -2.47. The van der Waals surface area contributed by atoms with E-state index in [1.54, 1.807) is 18.2 Å². The molecule has 7 heteroatoms. The second-order valence-corrected chi connectivity index (χ2v) is 6.22. The van der Waals surface area contributed by atoms with E-state index in [1.807, 2.05) is 0 Å². The summed E-state index contributed by atoms with van der Waals surface area (Å²) in [6.45, 7) is 0.225. The van der Waals surface area contributed by atoms with Crippen LogP contribution in [0.1, 0.15) is 12.0 Å². The number of nitrogens with one attached hydrogen (secondary N) is 1. The van der Waals surface area contributed by atoms with Gasteiger partial charge >= 0.3 is 0 Å². The molecule has 2 amide bonds. The number of hydrogen-bond donors (Lipinski definition) is 1. The van der Waals surface area contributed by atoms with Crippen LogP contribution < -0.4 is 10.2 Å². The molecule has 0 aliphatic carbocycles. The molecule has 3 rings (SSSR count). The Morgan fingerprint density at radius 3 is 2.68 bits per heavy atom. The molecule has 0 radical (unpaired) electrons. The second kappa shape index (κ2) is 7.19. The smallest absolute Gasteiger partial charge is 0.227 e. The summed E-state index contributed by atoms with van der Waals surface area (Å²) in [6.07, 6.45) is 0.0398. The third-order valence-electron chi connectivity index (χ3n) is 4.12. The van der Waals surface area contributed by atoms with Crippen molar-refractivity contribution in [3.05, 3.63) is 64.7 Å². The SMILES string of the molecule is O=C(NCc1ccccc1F)[C@@H]1CC(=O)N(c2ccc(F)c(Cl)c2)C1. The van der Waals surface area contributed by atoms with Crippen molar-refractivity contribution < 1.29 is 18.4 Å².